The number of aromatic nitrogens is 5. The summed E-state index contributed by atoms with van der Waals surface area (Å²) in [4.78, 5) is 4.28. The molecule has 1 N–H and O–H groups in total. The molecule has 0 bridgehead atoms. The number of aryl methyl sites for hydroxylation is 3. The number of H-pyrrole nitrogens is 1. The molecule has 0 unspecified atom stereocenters. The molecular formula is C10H13N5S. The van der Waals surface area contributed by atoms with Crippen molar-refractivity contribution in [3.63, 3.8) is 0 Å². The van der Waals surface area contributed by atoms with Crippen LogP contribution in [0.1, 0.15) is 18.3 Å². The molecule has 2 heterocycles. The fourth-order valence-electron chi connectivity index (χ4n) is 1.50. The average Bonchev–Trinajstić information content (AvgIpc) is 2.59. The van der Waals surface area contributed by atoms with Gasteiger partial charge in [-0.2, -0.15) is 15.2 Å². The van der Waals surface area contributed by atoms with Crippen molar-refractivity contribution in [2.24, 2.45) is 7.05 Å². The zero-order chi connectivity index (χ0) is 11.7. The zero-order valence-electron chi connectivity index (χ0n) is 9.48. The first-order valence-corrected chi connectivity index (χ1v) is 5.49. The van der Waals surface area contributed by atoms with Gasteiger partial charge < -0.3 is 0 Å². The lowest BCUT2D eigenvalue weighted by atomic mass is 10.1. The Kier molecular flexibility index (Phi) is 2.82. The summed E-state index contributed by atoms with van der Waals surface area (Å²) in [6.07, 6.45) is 0.819. The van der Waals surface area contributed by atoms with E-state index in [1.165, 1.54) is 0 Å². The van der Waals surface area contributed by atoms with Crippen molar-refractivity contribution in [3.8, 4) is 11.4 Å². The lowest BCUT2D eigenvalue weighted by Gasteiger charge is -2.03. The Morgan fingerprint density at radius 2 is 2.19 bits per heavy atom. The molecular weight excluding hydrogens is 222 g/mol. The van der Waals surface area contributed by atoms with Gasteiger partial charge in [0.05, 0.1) is 11.4 Å². The largest absolute Gasteiger partial charge is 0.279 e. The molecule has 84 valence electrons. The molecule has 5 nitrogen and oxygen atoms in total. The van der Waals surface area contributed by atoms with Crippen molar-refractivity contribution in [3.05, 3.63) is 22.2 Å². The third kappa shape index (κ3) is 1.88. The lowest BCUT2D eigenvalue weighted by Crippen LogP contribution is -1.99. The summed E-state index contributed by atoms with van der Waals surface area (Å²) >= 11 is 5.07. The molecule has 0 amide bonds. The van der Waals surface area contributed by atoms with Crippen molar-refractivity contribution in [2.45, 2.75) is 20.3 Å². The molecule has 0 saturated heterocycles. The van der Waals surface area contributed by atoms with Crippen molar-refractivity contribution in [1.82, 2.24) is 25.0 Å². The smallest absolute Gasteiger partial charge is 0.216 e. The molecule has 2 aromatic heterocycles. The van der Waals surface area contributed by atoms with Crippen molar-refractivity contribution < 1.29 is 0 Å². The van der Waals surface area contributed by atoms with Gasteiger partial charge in [0.1, 0.15) is 0 Å². The van der Waals surface area contributed by atoms with Gasteiger partial charge in [-0.1, -0.05) is 6.92 Å². The summed E-state index contributed by atoms with van der Waals surface area (Å²) in [5.74, 6) is 0.752. The summed E-state index contributed by atoms with van der Waals surface area (Å²) in [6.45, 7) is 3.95. The maximum absolute atomic E-state index is 5.07. The molecule has 0 fully saturated rings. The summed E-state index contributed by atoms with van der Waals surface area (Å²) in [5.41, 5.74) is 2.77. The van der Waals surface area contributed by atoms with Crippen LogP contribution in [0, 0.1) is 11.7 Å². The van der Waals surface area contributed by atoms with Crippen LogP contribution in [0.2, 0.25) is 0 Å². The number of nitrogens with zero attached hydrogens (tertiary/aromatic N) is 4. The molecule has 0 aliphatic carbocycles. The van der Waals surface area contributed by atoms with Gasteiger partial charge in [0.25, 0.3) is 0 Å². The Morgan fingerprint density at radius 3 is 2.75 bits per heavy atom. The molecule has 0 radical (unpaired) electrons. The highest BCUT2D eigenvalue weighted by Crippen LogP contribution is 2.19. The van der Waals surface area contributed by atoms with Crippen LogP contribution >= 0.6 is 12.2 Å². The third-order valence-electron chi connectivity index (χ3n) is 2.35. The van der Waals surface area contributed by atoms with E-state index in [9.17, 15) is 0 Å². The molecule has 2 rings (SSSR count). The first kappa shape index (κ1) is 10.9. The summed E-state index contributed by atoms with van der Waals surface area (Å²) in [5, 5.41) is 11.3. The van der Waals surface area contributed by atoms with Crippen molar-refractivity contribution in [2.75, 3.05) is 0 Å². The molecule has 0 saturated carbocycles. The number of hydrogen-bond acceptors (Lipinski definition) is 4. The first-order valence-electron chi connectivity index (χ1n) is 5.08. The Bertz CT molecular complexity index is 569. The van der Waals surface area contributed by atoms with Crippen molar-refractivity contribution in [1.29, 1.82) is 0 Å². The van der Waals surface area contributed by atoms with Crippen LogP contribution in [0.25, 0.3) is 11.4 Å². The van der Waals surface area contributed by atoms with Crippen LogP contribution in [0.5, 0.6) is 0 Å². The fraction of sp³-hybridized carbons (Fsp3) is 0.400. The van der Waals surface area contributed by atoms with Crippen LogP contribution in [0.4, 0.5) is 0 Å². The zero-order valence-corrected chi connectivity index (χ0v) is 10.3. The minimum absolute atomic E-state index is 0.534. The first-order chi connectivity index (χ1) is 7.61. The van der Waals surface area contributed by atoms with E-state index in [2.05, 4.69) is 20.3 Å². The molecule has 0 aliphatic heterocycles. The second-order valence-corrected chi connectivity index (χ2v) is 3.98. The molecule has 16 heavy (non-hydrogen) atoms. The maximum atomic E-state index is 5.07. The van der Waals surface area contributed by atoms with E-state index >= 15 is 0 Å². The average molecular weight is 235 g/mol. The van der Waals surface area contributed by atoms with Gasteiger partial charge in [-0.05, 0) is 31.6 Å². The predicted octanol–water partition coefficient (Wildman–Crippen LogP) is 1.81. The van der Waals surface area contributed by atoms with E-state index in [4.69, 9.17) is 12.2 Å². The molecule has 6 heteroatoms. The minimum atomic E-state index is 0.534. The predicted molar refractivity (Wildman–Crippen MR) is 63.5 cm³/mol. The normalized spacial score (nSPS) is 10.7. The highest BCUT2D eigenvalue weighted by atomic mass is 32.1. The van der Waals surface area contributed by atoms with Gasteiger partial charge in [-0.15, -0.1) is 0 Å². The highest BCUT2D eigenvalue weighted by Gasteiger charge is 2.10. The van der Waals surface area contributed by atoms with Gasteiger partial charge in [-0.3, -0.25) is 9.78 Å². The molecule has 0 aromatic carbocycles. The number of hydrogen-bond donors (Lipinski definition) is 1. The second kappa shape index (κ2) is 4.13. The summed E-state index contributed by atoms with van der Waals surface area (Å²) in [7, 11) is 1.84. The SMILES string of the molecule is CCc1nnc(C)cc1-c1nc(=S)n(C)[nH]1. The van der Waals surface area contributed by atoms with Crippen LogP contribution in [0.3, 0.4) is 0 Å². The highest BCUT2D eigenvalue weighted by molar-refractivity contribution is 7.71. The molecule has 2 aromatic rings. The number of rotatable bonds is 2. The molecule has 0 spiro atoms. The Hall–Kier alpha value is -1.56. The van der Waals surface area contributed by atoms with Gasteiger partial charge in [0.15, 0.2) is 5.82 Å². The maximum Gasteiger partial charge on any atom is 0.216 e. The van der Waals surface area contributed by atoms with E-state index < -0.39 is 0 Å². The minimum Gasteiger partial charge on any atom is -0.279 e. The van der Waals surface area contributed by atoms with Crippen LogP contribution < -0.4 is 0 Å². The van der Waals surface area contributed by atoms with Crippen LogP contribution in [-0.2, 0) is 13.5 Å². The lowest BCUT2D eigenvalue weighted by molar-refractivity contribution is 0.755. The topological polar surface area (TPSA) is 59.4 Å². The van der Waals surface area contributed by atoms with E-state index in [1.807, 2.05) is 27.0 Å². The van der Waals surface area contributed by atoms with Gasteiger partial charge in [-0.25, -0.2) is 0 Å². The standard InChI is InChI=1S/C10H13N5S/c1-4-8-7(5-6(2)12-13-8)9-11-10(16)15(3)14-9/h5H,4H2,1-3H3,(H,11,14,16). The number of aromatic amines is 1. The monoisotopic (exact) mass is 235 g/mol. The molecule has 0 atom stereocenters. The van der Waals surface area contributed by atoms with Gasteiger partial charge >= 0.3 is 0 Å². The van der Waals surface area contributed by atoms with Crippen LogP contribution in [-0.4, -0.2) is 25.0 Å². The van der Waals surface area contributed by atoms with E-state index in [0.29, 0.717) is 4.77 Å². The fourth-order valence-corrected chi connectivity index (χ4v) is 1.64. The third-order valence-corrected chi connectivity index (χ3v) is 2.72. The van der Waals surface area contributed by atoms with E-state index in [-0.39, 0.29) is 0 Å². The quantitative estimate of drug-likeness (QED) is 0.806. The van der Waals surface area contributed by atoms with Crippen LogP contribution in [0.15, 0.2) is 6.07 Å². The Balaban J connectivity index is 2.62. The Morgan fingerprint density at radius 1 is 1.44 bits per heavy atom. The summed E-state index contributed by atoms with van der Waals surface area (Å²) < 4.78 is 2.24. The number of nitrogens with one attached hydrogen (secondary N) is 1. The Labute approximate surface area is 98.5 Å². The summed E-state index contributed by atoms with van der Waals surface area (Å²) in [6, 6.07) is 1.97. The molecule has 0 aliphatic rings. The van der Waals surface area contributed by atoms with Crippen molar-refractivity contribution >= 4 is 12.2 Å². The van der Waals surface area contributed by atoms with Gasteiger partial charge in [0.2, 0.25) is 4.77 Å². The van der Waals surface area contributed by atoms with E-state index in [0.717, 1.165) is 29.2 Å². The van der Waals surface area contributed by atoms with Gasteiger partial charge in [0, 0.05) is 12.6 Å². The second-order valence-electron chi connectivity index (χ2n) is 3.61. The van der Waals surface area contributed by atoms with E-state index in [1.54, 1.807) is 4.68 Å².